The lowest BCUT2D eigenvalue weighted by atomic mass is 9.93. The molecule has 0 unspecified atom stereocenters. The number of rotatable bonds is 6. The van der Waals surface area contributed by atoms with Crippen LogP contribution in [0.25, 0.3) is 0 Å². The number of aromatic nitrogens is 2. The average Bonchev–Trinajstić information content (AvgIpc) is 2.47. The van der Waals surface area contributed by atoms with Crippen molar-refractivity contribution in [3.8, 4) is 6.01 Å². The SMILES string of the molecule is Cc1cc(C)nc(OC2CCC(NC(=O)CN(C)S(C)(=O)=O)CC2)n1. The molecule has 140 valence electrons. The van der Waals surface area contributed by atoms with Crippen LogP contribution in [0.1, 0.15) is 37.1 Å². The Hall–Kier alpha value is -1.74. The molecule has 1 saturated carbocycles. The summed E-state index contributed by atoms with van der Waals surface area (Å²) in [5.41, 5.74) is 1.75. The molecule has 0 radical (unpaired) electrons. The molecule has 0 saturated heterocycles. The molecule has 9 heteroatoms. The summed E-state index contributed by atoms with van der Waals surface area (Å²) in [6.07, 6.45) is 4.27. The molecule has 1 aromatic heterocycles. The van der Waals surface area contributed by atoms with Gasteiger partial charge in [-0.3, -0.25) is 4.79 Å². The van der Waals surface area contributed by atoms with Gasteiger partial charge in [-0.2, -0.15) is 4.31 Å². The lowest BCUT2D eigenvalue weighted by molar-refractivity contribution is -0.122. The van der Waals surface area contributed by atoms with Crippen LogP contribution in [0, 0.1) is 13.8 Å². The molecular formula is C16H26N4O4S. The van der Waals surface area contributed by atoms with Gasteiger partial charge in [-0.15, -0.1) is 0 Å². The van der Waals surface area contributed by atoms with Crippen molar-refractivity contribution >= 4 is 15.9 Å². The number of hydrogen-bond acceptors (Lipinski definition) is 6. The van der Waals surface area contributed by atoms with Crippen LogP contribution in [0.2, 0.25) is 0 Å². The van der Waals surface area contributed by atoms with Crippen LogP contribution in [-0.4, -0.2) is 60.6 Å². The minimum atomic E-state index is -3.35. The fourth-order valence-electron chi connectivity index (χ4n) is 2.81. The van der Waals surface area contributed by atoms with Crippen molar-refractivity contribution in [3.05, 3.63) is 17.5 Å². The Morgan fingerprint density at radius 3 is 2.32 bits per heavy atom. The van der Waals surface area contributed by atoms with Crippen LogP contribution in [0.4, 0.5) is 0 Å². The second kappa shape index (κ2) is 8.09. The van der Waals surface area contributed by atoms with E-state index in [0.717, 1.165) is 47.6 Å². The number of likely N-dealkylation sites (N-methyl/N-ethyl adjacent to an activating group) is 1. The Labute approximate surface area is 149 Å². The predicted octanol–water partition coefficient (Wildman–Crippen LogP) is 0.791. The van der Waals surface area contributed by atoms with Crippen molar-refractivity contribution in [2.75, 3.05) is 19.8 Å². The standard InChI is InChI=1S/C16H26N4O4S/c1-11-9-12(2)18-16(17-11)24-14-7-5-13(6-8-14)19-15(21)10-20(3)25(4,22)23/h9,13-14H,5-8,10H2,1-4H3,(H,19,21). The molecule has 1 aliphatic rings. The first-order valence-electron chi connectivity index (χ1n) is 8.33. The van der Waals surface area contributed by atoms with Gasteiger partial charge in [0.25, 0.3) is 0 Å². The number of nitrogens with one attached hydrogen (secondary N) is 1. The van der Waals surface area contributed by atoms with E-state index in [0.29, 0.717) is 6.01 Å². The van der Waals surface area contributed by atoms with Crippen molar-refractivity contribution in [3.63, 3.8) is 0 Å². The number of sulfonamides is 1. The van der Waals surface area contributed by atoms with Crippen molar-refractivity contribution in [2.24, 2.45) is 0 Å². The van der Waals surface area contributed by atoms with E-state index in [1.807, 2.05) is 19.9 Å². The normalized spacial score (nSPS) is 21.2. The zero-order chi connectivity index (χ0) is 18.6. The minimum Gasteiger partial charge on any atom is -0.460 e. The van der Waals surface area contributed by atoms with Crippen LogP contribution in [0.15, 0.2) is 6.07 Å². The highest BCUT2D eigenvalue weighted by atomic mass is 32.2. The summed E-state index contributed by atoms with van der Waals surface area (Å²) in [6.45, 7) is 3.65. The summed E-state index contributed by atoms with van der Waals surface area (Å²) in [7, 11) is -1.96. The fraction of sp³-hybridized carbons (Fsp3) is 0.688. The maximum absolute atomic E-state index is 11.9. The first-order chi connectivity index (χ1) is 11.6. The molecule has 25 heavy (non-hydrogen) atoms. The fourth-order valence-corrected chi connectivity index (χ4v) is 3.16. The predicted molar refractivity (Wildman–Crippen MR) is 93.8 cm³/mol. The molecule has 0 spiro atoms. The molecule has 0 atom stereocenters. The highest BCUT2D eigenvalue weighted by Gasteiger charge is 2.25. The van der Waals surface area contributed by atoms with Crippen LogP contribution in [0.5, 0.6) is 6.01 Å². The first kappa shape index (κ1) is 19.6. The lowest BCUT2D eigenvalue weighted by Crippen LogP contribution is -2.44. The van der Waals surface area contributed by atoms with Gasteiger partial charge in [0.05, 0.1) is 12.8 Å². The number of carbonyl (C=O) groups is 1. The van der Waals surface area contributed by atoms with Gasteiger partial charge in [-0.05, 0) is 45.6 Å². The molecule has 2 rings (SSSR count). The molecule has 8 nitrogen and oxygen atoms in total. The number of carbonyl (C=O) groups excluding carboxylic acids is 1. The van der Waals surface area contributed by atoms with Crippen LogP contribution >= 0.6 is 0 Å². The molecule has 1 fully saturated rings. The topological polar surface area (TPSA) is 101 Å². The van der Waals surface area contributed by atoms with E-state index in [9.17, 15) is 13.2 Å². The van der Waals surface area contributed by atoms with Crippen molar-refractivity contribution < 1.29 is 17.9 Å². The number of amides is 1. The van der Waals surface area contributed by atoms with E-state index >= 15 is 0 Å². The third-order valence-electron chi connectivity index (χ3n) is 4.21. The zero-order valence-corrected chi connectivity index (χ0v) is 16.0. The van der Waals surface area contributed by atoms with E-state index in [1.165, 1.54) is 7.05 Å². The molecular weight excluding hydrogens is 344 g/mol. The van der Waals surface area contributed by atoms with Crippen LogP contribution in [-0.2, 0) is 14.8 Å². The Balaban J connectivity index is 1.78. The summed E-state index contributed by atoms with van der Waals surface area (Å²) >= 11 is 0. The van der Waals surface area contributed by atoms with Gasteiger partial charge in [0.15, 0.2) is 0 Å². The summed E-state index contributed by atoms with van der Waals surface area (Å²) in [5, 5.41) is 2.89. The number of nitrogens with zero attached hydrogens (tertiary/aromatic N) is 3. The van der Waals surface area contributed by atoms with Crippen LogP contribution in [0.3, 0.4) is 0 Å². The Kier molecular flexibility index (Phi) is 6.34. The van der Waals surface area contributed by atoms with Crippen molar-refractivity contribution in [1.82, 2.24) is 19.6 Å². The molecule has 1 N–H and O–H groups in total. The summed E-state index contributed by atoms with van der Waals surface area (Å²) in [6, 6.07) is 2.34. The van der Waals surface area contributed by atoms with Gasteiger partial charge in [-0.25, -0.2) is 18.4 Å². The largest absolute Gasteiger partial charge is 0.460 e. The molecule has 1 heterocycles. The second-order valence-electron chi connectivity index (χ2n) is 6.61. The molecule has 1 amide bonds. The van der Waals surface area contributed by atoms with E-state index in [4.69, 9.17) is 4.74 Å². The van der Waals surface area contributed by atoms with Gasteiger partial charge in [0.1, 0.15) is 6.10 Å². The average molecular weight is 370 g/mol. The summed E-state index contributed by atoms with van der Waals surface area (Å²) < 4.78 is 29.6. The van der Waals surface area contributed by atoms with Gasteiger partial charge < -0.3 is 10.1 Å². The molecule has 1 aliphatic carbocycles. The van der Waals surface area contributed by atoms with E-state index in [-0.39, 0.29) is 24.6 Å². The van der Waals surface area contributed by atoms with Gasteiger partial charge in [0.2, 0.25) is 15.9 Å². The maximum atomic E-state index is 11.9. The lowest BCUT2D eigenvalue weighted by Gasteiger charge is -2.29. The first-order valence-corrected chi connectivity index (χ1v) is 10.2. The molecule has 0 aromatic carbocycles. The smallest absolute Gasteiger partial charge is 0.317 e. The number of ether oxygens (including phenoxy) is 1. The van der Waals surface area contributed by atoms with Gasteiger partial charge in [0, 0.05) is 24.5 Å². The third kappa shape index (κ3) is 6.24. The second-order valence-corrected chi connectivity index (χ2v) is 8.70. The molecule has 0 aliphatic heterocycles. The molecule has 0 bridgehead atoms. The summed E-state index contributed by atoms with van der Waals surface area (Å²) in [5.74, 6) is -0.282. The Morgan fingerprint density at radius 1 is 1.24 bits per heavy atom. The Morgan fingerprint density at radius 2 is 1.80 bits per heavy atom. The highest BCUT2D eigenvalue weighted by Crippen LogP contribution is 2.22. The van der Waals surface area contributed by atoms with E-state index < -0.39 is 10.0 Å². The monoisotopic (exact) mass is 370 g/mol. The highest BCUT2D eigenvalue weighted by molar-refractivity contribution is 7.88. The maximum Gasteiger partial charge on any atom is 0.317 e. The van der Waals surface area contributed by atoms with E-state index in [1.54, 1.807) is 0 Å². The van der Waals surface area contributed by atoms with Crippen molar-refractivity contribution in [1.29, 1.82) is 0 Å². The third-order valence-corrected chi connectivity index (χ3v) is 5.47. The quantitative estimate of drug-likeness (QED) is 0.794. The minimum absolute atomic E-state index is 0.0352. The Bertz CT molecular complexity index is 695. The van der Waals surface area contributed by atoms with Crippen LogP contribution < -0.4 is 10.1 Å². The zero-order valence-electron chi connectivity index (χ0n) is 15.2. The summed E-state index contributed by atoms with van der Waals surface area (Å²) in [4.78, 5) is 20.5. The van der Waals surface area contributed by atoms with Crippen molar-refractivity contribution in [2.45, 2.75) is 51.7 Å². The van der Waals surface area contributed by atoms with E-state index in [2.05, 4.69) is 15.3 Å². The number of aryl methyl sites for hydroxylation is 2. The number of hydrogen-bond donors (Lipinski definition) is 1. The molecule has 1 aromatic rings. The van der Waals surface area contributed by atoms with Gasteiger partial charge in [-0.1, -0.05) is 0 Å². The van der Waals surface area contributed by atoms with Gasteiger partial charge >= 0.3 is 6.01 Å².